The number of carbonyl (C=O) groups excluding carboxylic acids is 1. The number of carbonyl (C=O) groups is 1. The summed E-state index contributed by atoms with van der Waals surface area (Å²) < 4.78 is 5.16. The van der Waals surface area contributed by atoms with Gasteiger partial charge in [-0.2, -0.15) is 0 Å². The molecule has 2 aromatic carbocycles. The minimum absolute atomic E-state index is 0.291. The molecule has 0 unspecified atom stereocenters. The summed E-state index contributed by atoms with van der Waals surface area (Å²) in [5, 5.41) is 0. The zero-order chi connectivity index (χ0) is 16.9. The van der Waals surface area contributed by atoms with E-state index in [2.05, 4.69) is 24.0 Å². The van der Waals surface area contributed by atoms with Crippen molar-refractivity contribution in [2.45, 2.75) is 33.1 Å². The van der Waals surface area contributed by atoms with Gasteiger partial charge in [0.2, 0.25) is 0 Å². The minimum Gasteiger partial charge on any atom is -0.462 e. The lowest BCUT2D eigenvalue weighted by Gasteiger charge is -2.07. The summed E-state index contributed by atoms with van der Waals surface area (Å²) in [5.41, 5.74) is 4.65. The lowest BCUT2D eigenvalue weighted by Crippen LogP contribution is -2.05. The fraction of sp³-hybridized carbons (Fsp3) is 0.300. The number of hydrogen-bond donors (Lipinski definition) is 1. The minimum atomic E-state index is -0.291. The Labute approximate surface area is 141 Å². The Morgan fingerprint density at radius 2 is 1.96 bits per heavy atom. The van der Waals surface area contributed by atoms with Crippen molar-refractivity contribution in [3.8, 4) is 0 Å². The molecule has 3 rings (SSSR count). The number of fused-ring (bicyclic) bond motifs is 1. The summed E-state index contributed by atoms with van der Waals surface area (Å²) in [5.74, 6) is 0.670. The van der Waals surface area contributed by atoms with Crippen LogP contribution in [0.4, 0.5) is 0 Å². The van der Waals surface area contributed by atoms with Crippen molar-refractivity contribution in [1.29, 1.82) is 0 Å². The Kier molecular flexibility index (Phi) is 4.94. The van der Waals surface area contributed by atoms with Crippen LogP contribution in [0.2, 0.25) is 0 Å². The standard InChI is InChI=1S/C20H22N2O2/c1-3-8-18-21-17-13-16(20(23)24-4-2)12-15(19(17)22-18)11-14-9-6-5-7-10-14/h5-7,9-10,12-13H,3-4,8,11H2,1-2H3,(H,21,22). The number of hydrogen-bond acceptors (Lipinski definition) is 3. The molecule has 0 aliphatic carbocycles. The van der Waals surface area contributed by atoms with Crippen molar-refractivity contribution in [1.82, 2.24) is 9.97 Å². The third-order valence-corrected chi connectivity index (χ3v) is 3.95. The van der Waals surface area contributed by atoms with Gasteiger partial charge in [0.15, 0.2) is 0 Å². The van der Waals surface area contributed by atoms with Gasteiger partial charge >= 0.3 is 5.97 Å². The molecule has 0 spiro atoms. The van der Waals surface area contributed by atoms with Crippen molar-refractivity contribution in [3.05, 3.63) is 65.0 Å². The van der Waals surface area contributed by atoms with Gasteiger partial charge in [0.25, 0.3) is 0 Å². The maximum absolute atomic E-state index is 12.2. The molecule has 0 amide bonds. The lowest BCUT2D eigenvalue weighted by molar-refractivity contribution is 0.0526. The van der Waals surface area contributed by atoms with Gasteiger partial charge in [0.1, 0.15) is 5.82 Å². The summed E-state index contributed by atoms with van der Waals surface area (Å²) in [6.07, 6.45) is 2.66. The molecule has 0 saturated heterocycles. The fourth-order valence-electron chi connectivity index (χ4n) is 2.88. The van der Waals surface area contributed by atoms with Gasteiger partial charge in [-0.05, 0) is 43.0 Å². The third-order valence-electron chi connectivity index (χ3n) is 3.95. The van der Waals surface area contributed by atoms with E-state index in [4.69, 9.17) is 9.72 Å². The molecule has 1 N–H and O–H groups in total. The van der Waals surface area contributed by atoms with Crippen molar-refractivity contribution in [2.75, 3.05) is 6.61 Å². The quantitative estimate of drug-likeness (QED) is 0.689. The van der Waals surface area contributed by atoms with Crippen LogP contribution < -0.4 is 0 Å². The smallest absolute Gasteiger partial charge is 0.338 e. The van der Waals surface area contributed by atoms with E-state index in [9.17, 15) is 4.79 Å². The lowest BCUT2D eigenvalue weighted by atomic mass is 10.0. The Bertz CT molecular complexity index is 837. The zero-order valence-corrected chi connectivity index (χ0v) is 14.1. The highest BCUT2D eigenvalue weighted by atomic mass is 16.5. The maximum Gasteiger partial charge on any atom is 0.338 e. The van der Waals surface area contributed by atoms with Crippen LogP contribution in [0.5, 0.6) is 0 Å². The van der Waals surface area contributed by atoms with Gasteiger partial charge in [0.05, 0.1) is 23.2 Å². The molecular formula is C20H22N2O2. The van der Waals surface area contributed by atoms with Crippen molar-refractivity contribution < 1.29 is 9.53 Å². The van der Waals surface area contributed by atoms with Crippen molar-refractivity contribution in [3.63, 3.8) is 0 Å². The van der Waals surface area contributed by atoms with E-state index in [1.807, 2.05) is 37.3 Å². The van der Waals surface area contributed by atoms with Crippen LogP contribution in [0.15, 0.2) is 42.5 Å². The molecule has 0 saturated carbocycles. The van der Waals surface area contributed by atoms with Crippen LogP contribution in [-0.2, 0) is 17.6 Å². The largest absolute Gasteiger partial charge is 0.462 e. The first-order valence-electron chi connectivity index (χ1n) is 8.43. The summed E-state index contributed by atoms with van der Waals surface area (Å²) in [4.78, 5) is 20.2. The molecule has 1 aromatic heterocycles. The number of H-pyrrole nitrogens is 1. The summed E-state index contributed by atoms with van der Waals surface area (Å²) >= 11 is 0. The van der Waals surface area contributed by atoms with Gasteiger partial charge in [-0.25, -0.2) is 9.78 Å². The van der Waals surface area contributed by atoms with Crippen LogP contribution in [0, 0.1) is 0 Å². The Balaban J connectivity index is 2.07. The van der Waals surface area contributed by atoms with Crippen LogP contribution >= 0.6 is 0 Å². The molecule has 4 nitrogen and oxygen atoms in total. The predicted octanol–water partition coefficient (Wildman–Crippen LogP) is 4.28. The van der Waals surface area contributed by atoms with Crippen molar-refractivity contribution >= 4 is 17.0 Å². The van der Waals surface area contributed by atoms with Crippen molar-refractivity contribution in [2.24, 2.45) is 0 Å². The monoisotopic (exact) mass is 322 g/mol. The number of aromatic nitrogens is 2. The molecule has 24 heavy (non-hydrogen) atoms. The second-order valence-corrected chi connectivity index (χ2v) is 5.85. The van der Waals surface area contributed by atoms with E-state index in [-0.39, 0.29) is 5.97 Å². The number of nitrogens with one attached hydrogen (secondary N) is 1. The molecule has 0 aliphatic rings. The average Bonchev–Trinajstić information content (AvgIpc) is 2.99. The van der Waals surface area contributed by atoms with Gasteiger partial charge < -0.3 is 9.72 Å². The number of ether oxygens (including phenoxy) is 1. The van der Waals surface area contributed by atoms with E-state index >= 15 is 0 Å². The molecule has 3 aromatic rings. The first kappa shape index (κ1) is 16.2. The predicted molar refractivity (Wildman–Crippen MR) is 95.3 cm³/mol. The highest BCUT2D eigenvalue weighted by Crippen LogP contribution is 2.23. The zero-order valence-electron chi connectivity index (χ0n) is 14.1. The highest BCUT2D eigenvalue weighted by molar-refractivity contribution is 5.95. The SMILES string of the molecule is CCCc1nc2c(Cc3ccccc3)cc(C(=O)OCC)cc2[nH]1. The number of aryl methyl sites for hydroxylation is 1. The highest BCUT2D eigenvalue weighted by Gasteiger charge is 2.14. The average molecular weight is 322 g/mol. The van der Waals surface area contributed by atoms with Crippen LogP contribution in [0.1, 0.15) is 47.6 Å². The molecule has 0 fully saturated rings. The number of rotatable bonds is 6. The number of benzene rings is 2. The van der Waals surface area contributed by atoms with Gasteiger partial charge in [-0.15, -0.1) is 0 Å². The van der Waals surface area contributed by atoms with E-state index in [0.29, 0.717) is 12.2 Å². The Morgan fingerprint density at radius 1 is 1.17 bits per heavy atom. The van der Waals surface area contributed by atoms with Gasteiger partial charge in [0, 0.05) is 6.42 Å². The molecule has 1 heterocycles. The molecule has 0 radical (unpaired) electrons. The Hall–Kier alpha value is -2.62. The van der Waals surface area contributed by atoms with E-state index in [1.165, 1.54) is 5.56 Å². The summed E-state index contributed by atoms with van der Waals surface area (Å²) in [7, 11) is 0. The maximum atomic E-state index is 12.2. The molecule has 0 aliphatic heterocycles. The van der Waals surface area contributed by atoms with Gasteiger partial charge in [-0.3, -0.25) is 0 Å². The van der Waals surface area contributed by atoms with E-state index in [0.717, 1.165) is 41.7 Å². The van der Waals surface area contributed by atoms with Crippen LogP contribution in [-0.4, -0.2) is 22.5 Å². The number of nitrogens with zero attached hydrogens (tertiary/aromatic N) is 1. The third kappa shape index (κ3) is 3.48. The summed E-state index contributed by atoms with van der Waals surface area (Å²) in [6.45, 7) is 4.31. The fourth-order valence-corrected chi connectivity index (χ4v) is 2.88. The van der Waals surface area contributed by atoms with Crippen LogP contribution in [0.25, 0.3) is 11.0 Å². The molecule has 124 valence electrons. The molecular weight excluding hydrogens is 300 g/mol. The van der Waals surface area contributed by atoms with Crippen LogP contribution in [0.3, 0.4) is 0 Å². The second-order valence-electron chi connectivity index (χ2n) is 5.85. The topological polar surface area (TPSA) is 55.0 Å². The number of esters is 1. The first-order chi connectivity index (χ1) is 11.7. The van der Waals surface area contributed by atoms with E-state index < -0.39 is 0 Å². The number of imidazole rings is 1. The molecule has 0 atom stereocenters. The van der Waals surface area contributed by atoms with E-state index in [1.54, 1.807) is 0 Å². The number of aromatic amines is 1. The molecule has 4 heteroatoms. The van der Waals surface area contributed by atoms with Gasteiger partial charge in [-0.1, -0.05) is 37.3 Å². The normalized spacial score (nSPS) is 10.9. The Morgan fingerprint density at radius 3 is 2.67 bits per heavy atom. The first-order valence-corrected chi connectivity index (χ1v) is 8.43. The summed E-state index contributed by atoms with van der Waals surface area (Å²) in [6, 6.07) is 14.0. The molecule has 0 bridgehead atoms. The second kappa shape index (κ2) is 7.30.